The average molecular weight is 428 g/mol. The summed E-state index contributed by atoms with van der Waals surface area (Å²) in [6.45, 7) is 4.47. The van der Waals surface area contributed by atoms with Crippen LogP contribution in [0.3, 0.4) is 0 Å². The Labute approximate surface area is 179 Å². The van der Waals surface area contributed by atoms with Crippen LogP contribution >= 0.6 is 22.9 Å². The number of fused-ring (bicyclic) bond motifs is 1. The van der Waals surface area contributed by atoms with E-state index in [1.54, 1.807) is 42.5 Å². The Morgan fingerprint density at radius 3 is 2.76 bits per heavy atom. The zero-order valence-electron chi connectivity index (χ0n) is 16.1. The number of carbonyl (C=O) groups is 1. The minimum absolute atomic E-state index is 0.216. The standard InChI is InChI=1S/C22H22ClN3O2S/c1-15(28-18-9-7-17(23)8-10-18)21(27)25-22-24-19-11-12-26(14-20(19)29-22)13-16-5-3-2-4-6-16/h2-10,15H,11-14H2,1H3,(H,24,25,27)/t15-/m1/s1. The number of anilines is 1. The summed E-state index contributed by atoms with van der Waals surface area (Å²) < 4.78 is 5.69. The van der Waals surface area contributed by atoms with Crippen LogP contribution in [0.25, 0.3) is 0 Å². The number of nitrogens with zero attached hydrogens (tertiary/aromatic N) is 2. The van der Waals surface area contributed by atoms with E-state index >= 15 is 0 Å². The van der Waals surface area contributed by atoms with Crippen molar-refractivity contribution in [2.45, 2.75) is 32.5 Å². The third kappa shape index (κ3) is 5.15. The lowest BCUT2D eigenvalue weighted by atomic mass is 10.1. The van der Waals surface area contributed by atoms with E-state index in [4.69, 9.17) is 16.3 Å². The van der Waals surface area contributed by atoms with Gasteiger partial charge >= 0.3 is 0 Å². The molecule has 7 heteroatoms. The summed E-state index contributed by atoms with van der Waals surface area (Å²) in [4.78, 5) is 20.7. The van der Waals surface area contributed by atoms with E-state index in [0.29, 0.717) is 15.9 Å². The molecule has 0 unspecified atom stereocenters. The Morgan fingerprint density at radius 1 is 1.24 bits per heavy atom. The van der Waals surface area contributed by atoms with Crippen molar-refractivity contribution in [3.8, 4) is 5.75 Å². The van der Waals surface area contributed by atoms with E-state index in [1.807, 2.05) is 6.07 Å². The summed E-state index contributed by atoms with van der Waals surface area (Å²) in [7, 11) is 0. The monoisotopic (exact) mass is 427 g/mol. The summed E-state index contributed by atoms with van der Waals surface area (Å²) >= 11 is 7.42. The second-order valence-electron chi connectivity index (χ2n) is 7.04. The topological polar surface area (TPSA) is 54.5 Å². The van der Waals surface area contributed by atoms with Crippen molar-refractivity contribution in [2.24, 2.45) is 0 Å². The molecule has 1 aliphatic rings. The molecule has 1 aromatic heterocycles. The van der Waals surface area contributed by atoms with Crippen LogP contribution in [0.1, 0.15) is 23.1 Å². The predicted molar refractivity (Wildman–Crippen MR) is 117 cm³/mol. The first-order valence-corrected chi connectivity index (χ1v) is 10.7. The van der Waals surface area contributed by atoms with E-state index in [-0.39, 0.29) is 5.91 Å². The zero-order valence-corrected chi connectivity index (χ0v) is 17.7. The number of hydrogen-bond acceptors (Lipinski definition) is 5. The molecule has 0 saturated carbocycles. The van der Waals surface area contributed by atoms with Gasteiger partial charge in [-0.05, 0) is 36.8 Å². The maximum absolute atomic E-state index is 12.5. The van der Waals surface area contributed by atoms with E-state index in [1.165, 1.54) is 10.4 Å². The van der Waals surface area contributed by atoms with Crippen LogP contribution in [0.2, 0.25) is 5.02 Å². The normalized spacial score (nSPS) is 14.8. The molecule has 2 aromatic carbocycles. The van der Waals surface area contributed by atoms with Gasteiger partial charge in [0.2, 0.25) is 0 Å². The molecule has 3 aromatic rings. The van der Waals surface area contributed by atoms with Gasteiger partial charge in [-0.15, -0.1) is 11.3 Å². The molecular weight excluding hydrogens is 406 g/mol. The number of amides is 1. The molecule has 150 valence electrons. The van der Waals surface area contributed by atoms with Gasteiger partial charge in [-0.25, -0.2) is 4.98 Å². The highest BCUT2D eigenvalue weighted by atomic mass is 35.5. The molecule has 1 N–H and O–H groups in total. The molecule has 5 nitrogen and oxygen atoms in total. The van der Waals surface area contributed by atoms with Crippen LogP contribution in [0.4, 0.5) is 5.13 Å². The molecule has 4 rings (SSSR count). The highest BCUT2D eigenvalue weighted by molar-refractivity contribution is 7.15. The van der Waals surface area contributed by atoms with Crippen molar-refractivity contribution in [3.63, 3.8) is 0 Å². The van der Waals surface area contributed by atoms with Gasteiger partial charge in [-0.2, -0.15) is 0 Å². The molecule has 0 spiro atoms. The summed E-state index contributed by atoms with van der Waals surface area (Å²) in [5, 5.41) is 4.16. The fourth-order valence-electron chi connectivity index (χ4n) is 3.26. The van der Waals surface area contributed by atoms with Gasteiger partial charge in [0.25, 0.3) is 5.91 Å². The van der Waals surface area contributed by atoms with Crippen LogP contribution in [0, 0.1) is 0 Å². The summed E-state index contributed by atoms with van der Waals surface area (Å²) in [5.41, 5.74) is 2.39. The third-order valence-electron chi connectivity index (χ3n) is 4.79. The molecule has 1 amide bonds. The Hall–Kier alpha value is -2.41. The van der Waals surface area contributed by atoms with Crippen molar-refractivity contribution < 1.29 is 9.53 Å². The second kappa shape index (κ2) is 8.95. The number of hydrogen-bond donors (Lipinski definition) is 1. The highest BCUT2D eigenvalue weighted by Gasteiger charge is 2.23. The summed E-state index contributed by atoms with van der Waals surface area (Å²) in [6.07, 6.45) is 0.262. The molecule has 0 aliphatic carbocycles. The largest absolute Gasteiger partial charge is 0.481 e. The number of benzene rings is 2. The number of rotatable bonds is 6. The summed E-state index contributed by atoms with van der Waals surface area (Å²) in [6, 6.07) is 17.4. The van der Waals surface area contributed by atoms with Crippen LogP contribution in [-0.4, -0.2) is 28.4 Å². The first-order valence-electron chi connectivity index (χ1n) is 9.55. The lowest BCUT2D eigenvalue weighted by molar-refractivity contribution is -0.122. The van der Waals surface area contributed by atoms with Crippen molar-refractivity contribution in [3.05, 3.63) is 75.8 Å². The van der Waals surface area contributed by atoms with Crippen molar-refractivity contribution in [2.75, 3.05) is 11.9 Å². The van der Waals surface area contributed by atoms with Gasteiger partial charge in [-0.1, -0.05) is 41.9 Å². The van der Waals surface area contributed by atoms with Gasteiger partial charge in [0.1, 0.15) is 5.75 Å². The van der Waals surface area contributed by atoms with Crippen molar-refractivity contribution in [1.29, 1.82) is 0 Å². The quantitative estimate of drug-likeness (QED) is 0.616. The predicted octanol–water partition coefficient (Wildman–Crippen LogP) is 4.76. The number of aromatic nitrogens is 1. The number of halogens is 1. The zero-order chi connectivity index (χ0) is 20.2. The van der Waals surface area contributed by atoms with Crippen LogP contribution < -0.4 is 10.1 Å². The second-order valence-corrected chi connectivity index (χ2v) is 8.56. The Balaban J connectivity index is 1.35. The van der Waals surface area contributed by atoms with Gasteiger partial charge in [-0.3, -0.25) is 15.0 Å². The van der Waals surface area contributed by atoms with Gasteiger partial charge in [0.05, 0.1) is 5.69 Å². The SMILES string of the molecule is C[C@@H](Oc1ccc(Cl)cc1)C(=O)Nc1nc2c(s1)CN(Cc1ccccc1)CC2. The molecule has 0 bridgehead atoms. The van der Waals surface area contributed by atoms with E-state index in [2.05, 4.69) is 39.5 Å². The van der Waals surface area contributed by atoms with Crippen molar-refractivity contribution >= 4 is 34.0 Å². The Bertz CT molecular complexity index is 975. The minimum atomic E-state index is -0.633. The lowest BCUT2D eigenvalue weighted by Gasteiger charge is -2.25. The maximum Gasteiger partial charge on any atom is 0.266 e. The molecule has 29 heavy (non-hydrogen) atoms. The molecule has 2 heterocycles. The van der Waals surface area contributed by atoms with Gasteiger partial charge in [0.15, 0.2) is 11.2 Å². The molecule has 1 atom stereocenters. The Kier molecular flexibility index (Phi) is 6.13. The van der Waals surface area contributed by atoms with E-state index in [9.17, 15) is 4.79 Å². The first kappa shape index (κ1) is 19.9. The molecule has 0 saturated heterocycles. The fourth-order valence-corrected chi connectivity index (χ4v) is 4.44. The van der Waals surface area contributed by atoms with Crippen LogP contribution in [-0.2, 0) is 24.3 Å². The molecule has 0 fully saturated rings. The highest BCUT2D eigenvalue weighted by Crippen LogP contribution is 2.29. The fraction of sp³-hybridized carbons (Fsp3) is 0.273. The smallest absolute Gasteiger partial charge is 0.266 e. The number of ether oxygens (including phenoxy) is 1. The lowest BCUT2D eigenvalue weighted by Crippen LogP contribution is -2.30. The Morgan fingerprint density at radius 2 is 2.00 bits per heavy atom. The molecular formula is C22H22ClN3O2S. The maximum atomic E-state index is 12.5. The molecule has 0 radical (unpaired) electrons. The average Bonchev–Trinajstić information content (AvgIpc) is 3.12. The number of carbonyl (C=O) groups excluding carboxylic acids is 1. The van der Waals surface area contributed by atoms with Gasteiger partial charge < -0.3 is 4.74 Å². The van der Waals surface area contributed by atoms with E-state index in [0.717, 1.165) is 31.7 Å². The third-order valence-corrected chi connectivity index (χ3v) is 6.03. The molecule has 1 aliphatic heterocycles. The minimum Gasteiger partial charge on any atom is -0.481 e. The van der Waals surface area contributed by atoms with Crippen LogP contribution in [0.5, 0.6) is 5.75 Å². The summed E-state index contributed by atoms with van der Waals surface area (Å²) in [5.74, 6) is 0.388. The van der Waals surface area contributed by atoms with E-state index < -0.39 is 6.10 Å². The number of thiazole rings is 1. The first-order chi connectivity index (χ1) is 14.1. The van der Waals surface area contributed by atoms with Crippen LogP contribution in [0.15, 0.2) is 54.6 Å². The van der Waals surface area contributed by atoms with Gasteiger partial charge in [0, 0.05) is 36.0 Å². The number of nitrogens with one attached hydrogen (secondary N) is 1. The van der Waals surface area contributed by atoms with Crippen molar-refractivity contribution in [1.82, 2.24) is 9.88 Å².